The molecule has 0 saturated heterocycles. The highest BCUT2D eigenvalue weighted by Gasteiger charge is 2.17. The van der Waals surface area contributed by atoms with Crippen LogP contribution >= 0.6 is 15.9 Å². The first-order valence-corrected chi connectivity index (χ1v) is 7.84. The fourth-order valence-corrected chi connectivity index (χ4v) is 2.75. The summed E-state index contributed by atoms with van der Waals surface area (Å²) in [5, 5.41) is 0. The van der Waals surface area contributed by atoms with Gasteiger partial charge in [0, 0.05) is 27.5 Å². The molecule has 0 aliphatic carbocycles. The average Bonchev–Trinajstić information content (AvgIpc) is 3.03. The molecule has 112 valence electrons. The van der Waals surface area contributed by atoms with Crippen LogP contribution in [0, 0.1) is 13.8 Å². The number of hydrogen-bond acceptors (Lipinski definition) is 2. The van der Waals surface area contributed by atoms with Crippen LogP contribution in [0.2, 0.25) is 0 Å². The molecule has 22 heavy (non-hydrogen) atoms. The van der Waals surface area contributed by atoms with Crippen molar-refractivity contribution >= 4 is 27.7 Å². The van der Waals surface area contributed by atoms with Gasteiger partial charge in [0.2, 0.25) is 0 Å². The Hall–Kier alpha value is -2.07. The van der Waals surface area contributed by atoms with Gasteiger partial charge in [-0.3, -0.25) is 0 Å². The summed E-state index contributed by atoms with van der Waals surface area (Å²) in [5.74, 6) is 0.782. The molecule has 2 aromatic rings. The quantitative estimate of drug-likeness (QED) is 0.844. The van der Waals surface area contributed by atoms with E-state index in [4.69, 9.17) is 9.73 Å². The summed E-state index contributed by atoms with van der Waals surface area (Å²) < 4.78 is 6.53. The Kier molecular flexibility index (Phi) is 4.03. The molecule has 4 heteroatoms. The topological polar surface area (TPSA) is 37.4 Å². The van der Waals surface area contributed by atoms with E-state index in [1.165, 1.54) is 5.56 Å². The molecule has 3 nitrogen and oxygen atoms in total. The van der Waals surface area contributed by atoms with E-state index in [0.717, 1.165) is 38.6 Å². The Bertz CT molecular complexity index is 795. The molecule has 1 aliphatic rings. The van der Waals surface area contributed by atoms with Crippen molar-refractivity contribution in [3.8, 4) is 0 Å². The van der Waals surface area contributed by atoms with Crippen LogP contribution < -0.4 is 0 Å². The Morgan fingerprint density at radius 1 is 1.18 bits per heavy atom. The van der Waals surface area contributed by atoms with Crippen molar-refractivity contribution in [1.29, 1.82) is 0 Å². The van der Waals surface area contributed by atoms with Crippen molar-refractivity contribution in [3.63, 3.8) is 0 Å². The number of halogens is 1. The molecule has 0 unspecified atom stereocenters. The van der Waals surface area contributed by atoms with Crippen LogP contribution in [0.25, 0.3) is 6.08 Å². The lowest BCUT2D eigenvalue weighted by Crippen LogP contribution is -1.92. The van der Waals surface area contributed by atoms with Crippen molar-refractivity contribution in [1.82, 2.24) is 4.98 Å². The standard InChI is InChI=1S/C18H17BrN2O/c1-11-8-12(2)20-15(11)9-17-18(22-3)10-16(21-17)13-4-6-14(19)7-5-13/h4-10,20H,1-3H3/b17-9+. The van der Waals surface area contributed by atoms with E-state index in [9.17, 15) is 0 Å². The van der Waals surface area contributed by atoms with E-state index in [0.29, 0.717) is 0 Å². The van der Waals surface area contributed by atoms with E-state index < -0.39 is 0 Å². The van der Waals surface area contributed by atoms with E-state index in [1.54, 1.807) is 7.11 Å². The van der Waals surface area contributed by atoms with Gasteiger partial charge in [0.15, 0.2) is 0 Å². The highest BCUT2D eigenvalue weighted by Crippen LogP contribution is 2.26. The maximum Gasteiger partial charge on any atom is 0.146 e. The van der Waals surface area contributed by atoms with Gasteiger partial charge in [-0.2, -0.15) is 0 Å². The minimum Gasteiger partial charge on any atom is -0.494 e. The molecule has 0 bridgehead atoms. The monoisotopic (exact) mass is 356 g/mol. The summed E-state index contributed by atoms with van der Waals surface area (Å²) in [6, 6.07) is 10.2. The number of rotatable bonds is 3. The first-order valence-electron chi connectivity index (χ1n) is 7.05. The summed E-state index contributed by atoms with van der Waals surface area (Å²) >= 11 is 3.45. The van der Waals surface area contributed by atoms with Crippen LogP contribution in [0.15, 0.2) is 57.3 Å². The molecular weight excluding hydrogens is 340 g/mol. The molecule has 1 N–H and O–H groups in total. The maximum absolute atomic E-state index is 5.47. The molecule has 1 aromatic heterocycles. The van der Waals surface area contributed by atoms with Gasteiger partial charge in [0.1, 0.15) is 11.5 Å². The Balaban J connectivity index is 2.00. The molecule has 0 spiro atoms. The predicted octanol–water partition coefficient (Wildman–Crippen LogP) is 4.77. The van der Waals surface area contributed by atoms with Gasteiger partial charge in [-0.15, -0.1) is 0 Å². The average molecular weight is 357 g/mol. The van der Waals surface area contributed by atoms with Gasteiger partial charge in [-0.05, 0) is 43.7 Å². The SMILES string of the molecule is COC1=CC(c2ccc(Br)cc2)=N/C1=C/c1[nH]c(C)cc1C. The zero-order valence-corrected chi connectivity index (χ0v) is 14.4. The Morgan fingerprint density at radius 2 is 1.91 bits per heavy atom. The summed E-state index contributed by atoms with van der Waals surface area (Å²) in [4.78, 5) is 8.05. The number of benzene rings is 1. The van der Waals surface area contributed by atoms with Crippen molar-refractivity contribution in [2.75, 3.05) is 7.11 Å². The fourth-order valence-electron chi connectivity index (χ4n) is 2.49. The minimum absolute atomic E-state index is 0.782. The van der Waals surface area contributed by atoms with Crippen LogP contribution in [0.1, 0.15) is 22.5 Å². The van der Waals surface area contributed by atoms with E-state index in [1.807, 2.05) is 43.3 Å². The predicted molar refractivity (Wildman–Crippen MR) is 94.0 cm³/mol. The summed E-state index contributed by atoms with van der Waals surface area (Å²) in [7, 11) is 1.67. The third-order valence-corrected chi connectivity index (χ3v) is 4.12. The second-order valence-corrected chi connectivity index (χ2v) is 6.21. The summed E-state index contributed by atoms with van der Waals surface area (Å²) in [6.07, 6.45) is 4.00. The third kappa shape index (κ3) is 2.92. The van der Waals surface area contributed by atoms with Crippen molar-refractivity contribution in [2.45, 2.75) is 13.8 Å². The highest BCUT2D eigenvalue weighted by atomic mass is 79.9. The molecule has 1 aromatic carbocycles. The molecular formula is C18H17BrN2O. The van der Waals surface area contributed by atoms with Gasteiger partial charge in [0.05, 0.1) is 12.8 Å². The number of aromatic amines is 1. The lowest BCUT2D eigenvalue weighted by Gasteiger charge is -2.01. The normalized spacial score (nSPS) is 15.9. The van der Waals surface area contributed by atoms with E-state index >= 15 is 0 Å². The minimum atomic E-state index is 0.782. The molecule has 3 rings (SSSR count). The van der Waals surface area contributed by atoms with Gasteiger partial charge >= 0.3 is 0 Å². The maximum atomic E-state index is 5.47. The first kappa shape index (κ1) is 14.9. The molecule has 2 heterocycles. The lowest BCUT2D eigenvalue weighted by atomic mass is 10.1. The number of aromatic nitrogens is 1. The third-order valence-electron chi connectivity index (χ3n) is 3.59. The fraction of sp³-hybridized carbons (Fsp3) is 0.167. The van der Waals surface area contributed by atoms with Crippen molar-refractivity contribution in [3.05, 3.63) is 74.9 Å². The molecule has 0 amide bonds. The van der Waals surface area contributed by atoms with Gasteiger partial charge in [0.25, 0.3) is 0 Å². The van der Waals surface area contributed by atoms with Gasteiger partial charge in [-0.1, -0.05) is 28.1 Å². The second kappa shape index (κ2) is 5.97. The lowest BCUT2D eigenvalue weighted by molar-refractivity contribution is 0.303. The molecule has 1 aliphatic heterocycles. The number of nitrogens with one attached hydrogen (secondary N) is 1. The molecule has 0 saturated carbocycles. The summed E-state index contributed by atoms with van der Waals surface area (Å²) in [5.41, 5.74) is 6.23. The van der Waals surface area contributed by atoms with Crippen LogP contribution in [0.5, 0.6) is 0 Å². The molecule has 0 radical (unpaired) electrons. The largest absolute Gasteiger partial charge is 0.494 e. The number of ether oxygens (including phenoxy) is 1. The van der Waals surface area contributed by atoms with E-state index in [2.05, 4.69) is 33.9 Å². The van der Waals surface area contributed by atoms with Crippen LogP contribution in [0.3, 0.4) is 0 Å². The van der Waals surface area contributed by atoms with Gasteiger partial charge < -0.3 is 9.72 Å². The molecule has 0 atom stereocenters. The number of hydrogen-bond donors (Lipinski definition) is 1. The number of aryl methyl sites for hydroxylation is 2. The zero-order valence-electron chi connectivity index (χ0n) is 12.8. The van der Waals surface area contributed by atoms with Crippen molar-refractivity contribution in [2.24, 2.45) is 4.99 Å². The van der Waals surface area contributed by atoms with Crippen molar-refractivity contribution < 1.29 is 4.74 Å². The summed E-state index contributed by atoms with van der Waals surface area (Å²) in [6.45, 7) is 4.13. The Morgan fingerprint density at radius 3 is 2.50 bits per heavy atom. The van der Waals surface area contributed by atoms with Gasteiger partial charge in [-0.25, -0.2) is 4.99 Å². The Labute approximate surface area is 138 Å². The number of methoxy groups -OCH3 is 1. The zero-order chi connectivity index (χ0) is 15.7. The number of H-pyrrole nitrogens is 1. The number of nitrogens with zero attached hydrogens (tertiary/aromatic N) is 1. The molecule has 0 fully saturated rings. The van der Waals surface area contributed by atoms with Crippen LogP contribution in [-0.4, -0.2) is 17.8 Å². The first-order chi connectivity index (χ1) is 10.6. The number of aliphatic imine (C=N–C) groups is 1. The van der Waals surface area contributed by atoms with E-state index in [-0.39, 0.29) is 0 Å². The highest BCUT2D eigenvalue weighted by molar-refractivity contribution is 9.10. The van der Waals surface area contributed by atoms with Crippen LogP contribution in [0.4, 0.5) is 0 Å². The van der Waals surface area contributed by atoms with Crippen LogP contribution in [-0.2, 0) is 4.74 Å². The number of allylic oxidation sites excluding steroid dienone is 1. The smallest absolute Gasteiger partial charge is 0.146 e. The second-order valence-electron chi connectivity index (χ2n) is 5.30.